The van der Waals surface area contributed by atoms with Gasteiger partial charge in [-0.1, -0.05) is 6.07 Å². The highest BCUT2D eigenvalue weighted by Crippen LogP contribution is 2.26. The Morgan fingerprint density at radius 2 is 2.24 bits per heavy atom. The van der Waals surface area contributed by atoms with Gasteiger partial charge in [-0.2, -0.15) is 0 Å². The molecule has 1 atom stereocenters. The molecule has 0 saturated carbocycles. The minimum absolute atomic E-state index is 0.153. The van der Waals surface area contributed by atoms with Crippen molar-refractivity contribution in [1.82, 2.24) is 15.6 Å². The fourth-order valence-electron chi connectivity index (χ4n) is 2.06. The van der Waals surface area contributed by atoms with E-state index >= 15 is 0 Å². The summed E-state index contributed by atoms with van der Waals surface area (Å²) >= 11 is 0. The molecule has 7 heteroatoms. The van der Waals surface area contributed by atoms with Crippen LogP contribution >= 0.6 is 0 Å². The Hall–Kier alpha value is -2.41. The summed E-state index contributed by atoms with van der Waals surface area (Å²) in [5, 5.41) is 5.28. The van der Waals surface area contributed by atoms with Gasteiger partial charge in [0.05, 0.1) is 18.2 Å². The summed E-state index contributed by atoms with van der Waals surface area (Å²) in [5.41, 5.74) is 1.54. The molecule has 0 spiro atoms. The van der Waals surface area contributed by atoms with Crippen LogP contribution in [0.3, 0.4) is 0 Å². The molecule has 7 nitrogen and oxygen atoms in total. The molecule has 0 aliphatic carbocycles. The fraction of sp³-hybridized carbons (Fsp3) is 0.357. The third-order valence-electron chi connectivity index (χ3n) is 3.03. The number of nitrogens with zero attached hydrogens (tertiary/aromatic N) is 1. The van der Waals surface area contributed by atoms with Crippen LogP contribution < -0.4 is 10.6 Å². The monoisotopic (exact) mass is 291 g/mol. The minimum atomic E-state index is -0.581. The zero-order valence-electron chi connectivity index (χ0n) is 11.9. The van der Waals surface area contributed by atoms with E-state index < -0.39 is 12.0 Å². The third kappa shape index (κ3) is 3.57. The van der Waals surface area contributed by atoms with E-state index in [2.05, 4.69) is 15.6 Å². The standard InChI is InChI=1S/C14H17N3O4/c1-9-11(13(18)21-7-6-20-2)12(17-14(19)16-9)10-4-3-5-15-8-10/h3-5,8,12H,6-7H2,1-2H3,(H2,16,17,19). The lowest BCUT2D eigenvalue weighted by molar-refractivity contribution is -0.140. The molecule has 0 saturated heterocycles. The van der Waals surface area contributed by atoms with Gasteiger partial charge in [-0.25, -0.2) is 9.59 Å². The number of pyridine rings is 1. The van der Waals surface area contributed by atoms with E-state index in [-0.39, 0.29) is 12.6 Å². The van der Waals surface area contributed by atoms with E-state index in [0.29, 0.717) is 23.4 Å². The number of rotatable bonds is 5. The van der Waals surface area contributed by atoms with Gasteiger partial charge in [-0.05, 0) is 18.6 Å². The Morgan fingerprint density at radius 3 is 2.90 bits per heavy atom. The number of nitrogens with one attached hydrogen (secondary N) is 2. The number of amides is 2. The van der Waals surface area contributed by atoms with Crippen molar-refractivity contribution in [3.8, 4) is 0 Å². The molecule has 0 radical (unpaired) electrons. The molecule has 0 bridgehead atoms. The molecule has 1 aromatic rings. The van der Waals surface area contributed by atoms with Crippen LogP contribution in [0.4, 0.5) is 4.79 Å². The first kappa shape index (κ1) is 15.0. The minimum Gasteiger partial charge on any atom is -0.460 e. The van der Waals surface area contributed by atoms with Crippen molar-refractivity contribution in [2.24, 2.45) is 0 Å². The first-order valence-corrected chi connectivity index (χ1v) is 6.47. The first-order chi connectivity index (χ1) is 10.1. The highest BCUT2D eigenvalue weighted by Gasteiger charge is 2.32. The zero-order chi connectivity index (χ0) is 15.2. The van der Waals surface area contributed by atoms with Gasteiger partial charge in [0.15, 0.2) is 0 Å². The van der Waals surface area contributed by atoms with Crippen LogP contribution in [0.25, 0.3) is 0 Å². The number of hydrogen-bond acceptors (Lipinski definition) is 5. The van der Waals surface area contributed by atoms with Gasteiger partial charge < -0.3 is 20.1 Å². The number of allylic oxidation sites excluding steroid dienone is 1. The normalized spacial score (nSPS) is 18.0. The van der Waals surface area contributed by atoms with Crippen molar-refractivity contribution >= 4 is 12.0 Å². The second-order valence-corrected chi connectivity index (χ2v) is 4.49. The lowest BCUT2D eigenvalue weighted by Gasteiger charge is -2.27. The molecule has 1 unspecified atom stereocenters. The summed E-state index contributed by atoms with van der Waals surface area (Å²) in [6.45, 7) is 2.13. The molecular formula is C14H17N3O4. The first-order valence-electron chi connectivity index (χ1n) is 6.47. The van der Waals surface area contributed by atoms with Gasteiger partial charge in [0, 0.05) is 25.2 Å². The van der Waals surface area contributed by atoms with Gasteiger partial charge in [-0.15, -0.1) is 0 Å². The molecule has 112 valence electrons. The van der Waals surface area contributed by atoms with Gasteiger partial charge in [0.25, 0.3) is 0 Å². The van der Waals surface area contributed by atoms with Crippen molar-refractivity contribution < 1.29 is 19.1 Å². The van der Waals surface area contributed by atoms with Crippen LogP contribution in [-0.2, 0) is 14.3 Å². The molecule has 21 heavy (non-hydrogen) atoms. The van der Waals surface area contributed by atoms with Crippen LogP contribution in [0.15, 0.2) is 35.8 Å². The average molecular weight is 291 g/mol. The summed E-state index contributed by atoms with van der Waals surface area (Å²) in [5.74, 6) is -0.495. The van der Waals surface area contributed by atoms with Crippen LogP contribution in [0.1, 0.15) is 18.5 Å². The van der Waals surface area contributed by atoms with Crippen LogP contribution in [0.5, 0.6) is 0 Å². The number of methoxy groups -OCH3 is 1. The second kappa shape index (κ2) is 6.85. The summed E-state index contributed by atoms with van der Waals surface area (Å²) in [4.78, 5) is 27.9. The van der Waals surface area contributed by atoms with E-state index in [1.54, 1.807) is 31.5 Å². The molecule has 2 amide bonds. The number of urea groups is 1. The van der Waals surface area contributed by atoms with Crippen molar-refractivity contribution in [3.63, 3.8) is 0 Å². The number of aromatic nitrogens is 1. The predicted octanol–water partition coefficient (Wildman–Crippen LogP) is 0.899. The smallest absolute Gasteiger partial charge is 0.338 e. The highest BCUT2D eigenvalue weighted by atomic mass is 16.6. The number of esters is 1. The van der Waals surface area contributed by atoms with Crippen molar-refractivity contribution in [2.75, 3.05) is 20.3 Å². The SMILES string of the molecule is COCCOC(=O)C1=C(C)NC(=O)NC1c1cccnc1. The Bertz CT molecular complexity index is 557. The maximum absolute atomic E-state index is 12.2. The van der Waals surface area contributed by atoms with E-state index in [0.717, 1.165) is 0 Å². The fourth-order valence-corrected chi connectivity index (χ4v) is 2.06. The summed E-state index contributed by atoms with van der Waals surface area (Å²) in [7, 11) is 1.53. The van der Waals surface area contributed by atoms with E-state index in [9.17, 15) is 9.59 Å². The summed E-state index contributed by atoms with van der Waals surface area (Å²) in [6, 6.07) is 2.59. The van der Waals surface area contributed by atoms with Crippen molar-refractivity contribution in [2.45, 2.75) is 13.0 Å². The Morgan fingerprint density at radius 1 is 1.43 bits per heavy atom. The summed E-state index contributed by atoms with van der Waals surface area (Å²) < 4.78 is 9.99. The second-order valence-electron chi connectivity index (χ2n) is 4.49. The maximum atomic E-state index is 12.2. The Labute approximate surface area is 122 Å². The molecule has 0 aromatic carbocycles. The molecule has 1 aliphatic rings. The summed E-state index contributed by atoms with van der Waals surface area (Å²) in [6.07, 6.45) is 3.23. The molecule has 1 aromatic heterocycles. The highest BCUT2D eigenvalue weighted by molar-refractivity contribution is 5.94. The maximum Gasteiger partial charge on any atom is 0.338 e. The predicted molar refractivity (Wildman–Crippen MR) is 74.2 cm³/mol. The number of carbonyl (C=O) groups is 2. The lowest BCUT2D eigenvalue weighted by atomic mass is 9.97. The van der Waals surface area contributed by atoms with E-state index in [1.165, 1.54) is 7.11 Å². The average Bonchev–Trinajstić information content (AvgIpc) is 2.47. The Kier molecular flexibility index (Phi) is 4.89. The van der Waals surface area contributed by atoms with Gasteiger partial charge in [0.1, 0.15) is 6.61 Å². The van der Waals surface area contributed by atoms with Gasteiger partial charge in [-0.3, -0.25) is 4.98 Å². The van der Waals surface area contributed by atoms with Gasteiger partial charge in [0.2, 0.25) is 0 Å². The molecule has 1 aliphatic heterocycles. The van der Waals surface area contributed by atoms with E-state index in [4.69, 9.17) is 9.47 Å². The van der Waals surface area contributed by atoms with Crippen molar-refractivity contribution in [1.29, 1.82) is 0 Å². The number of carbonyl (C=O) groups excluding carboxylic acids is 2. The quantitative estimate of drug-likeness (QED) is 0.621. The lowest BCUT2D eigenvalue weighted by Crippen LogP contribution is -2.45. The Balaban J connectivity index is 2.26. The largest absolute Gasteiger partial charge is 0.460 e. The van der Waals surface area contributed by atoms with Crippen molar-refractivity contribution in [3.05, 3.63) is 41.4 Å². The topological polar surface area (TPSA) is 89.5 Å². The van der Waals surface area contributed by atoms with Crippen LogP contribution in [0.2, 0.25) is 0 Å². The number of ether oxygens (including phenoxy) is 2. The molecule has 0 fully saturated rings. The van der Waals surface area contributed by atoms with Crippen LogP contribution in [0, 0.1) is 0 Å². The molecule has 2 rings (SSSR count). The zero-order valence-corrected chi connectivity index (χ0v) is 11.9. The molecule has 2 heterocycles. The number of hydrogen-bond donors (Lipinski definition) is 2. The van der Waals surface area contributed by atoms with Crippen LogP contribution in [-0.4, -0.2) is 37.3 Å². The molecule has 2 N–H and O–H groups in total. The molecular weight excluding hydrogens is 274 g/mol. The third-order valence-corrected chi connectivity index (χ3v) is 3.03. The van der Waals surface area contributed by atoms with E-state index in [1.807, 2.05) is 0 Å². The van der Waals surface area contributed by atoms with Gasteiger partial charge >= 0.3 is 12.0 Å².